The molecule has 0 radical (unpaired) electrons. The molecule has 0 amide bonds. The van der Waals surface area contributed by atoms with Crippen LogP contribution in [-0.2, 0) is 9.59 Å². The Morgan fingerprint density at radius 1 is 0.727 bits per heavy atom. The fourth-order valence-corrected chi connectivity index (χ4v) is 0.203. The number of aliphatic hydroxyl groups excluding tert-OH is 2. The van der Waals surface area contributed by atoms with Crippen molar-refractivity contribution in [3.8, 4) is 0 Å². The molecule has 0 aliphatic rings. The van der Waals surface area contributed by atoms with Crippen LogP contribution in [0, 0.1) is 0 Å². The zero-order valence-corrected chi connectivity index (χ0v) is 4.61. The SMILES string of the molecule is O=C(O)/C(O)=C(/O)C(=O)O.[NaH]. The fraction of sp³-hybridized carbons (Fsp3) is 0. The molecule has 0 aromatic heterocycles. The van der Waals surface area contributed by atoms with Gasteiger partial charge in [-0.05, 0) is 0 Å². The zero-order chi connectivity index (χ0) is 8.31. The number of hydrogen-bond donors (Lipinski definition) is 4. The topological polar surface area (TPSA) is 115 Å². The van der Waals surface area contributed by atoms with Crippen molar-refractivity contribution in [2.45, 2.75) is 0 Å². The molecule has 0 saturated carbocycles. The number of carboxylic acid groups (broad SMARTS) is 2. The van der Waals surface area contributed by atoms with Crippen molar-refractivity contribution in [1.82, 2.24) is 0 Å². The Morgan fingerprint density at radius 3 is 1.00 bits per heavy atom. The van der Waals surface area contributed by atoms with Gasteiger partial charge >= 0.3 is 41.5 Å². The van der Waals surface area contributed by atoms with Gasteiger partial charge in [-0.15, -0.1) is 0 Å². The molecule has 0 bridgehead atoms. The van der Waals surface area contributed by atoms with Crippen LogP contribution in [0.15, 0.2) is 11.5 Å². The van der Waals surface area contributed by atoms with Crippen LogP contribution in [0.1, 0.15) is 0 Å². The van der Waals surface area contributed by atoms with E-state index in [0.717, 1.165) is 0 Å². The Hall–Kier alpha value is -0.720. The predicted molar refractivity (Wildman–Crippen MR) is 34.7 cm³/mol. The molecule has 0 unspecified atom stereocenters. The van der Waals surface area contributed by atoms with Gasteiger partial charge in [0.25, 0.3) is 11.5 Å². The Bertz CT molecular complexity index is 185. The second kappa shape index (κ2) is 5.00. The number of hydrogen-bond acceptors (Lipinski definition) is 4. The predicted octanol–water partition coefficient (Wildman–Crippen LogP) is -1.17. The van der Waals surface area contributed by atoms with E-state index >= 15 is 0 Å². The summed E-state index contributed by atoms with van der Waals surface area (Å²) in [5.74, 6) is -6.93. The Balaban J connectivity index is 0. The summed E-state index contributed by atoms with van der Waals surface area (Å²) < 4.78 is 0. The van der Waals surface area contributed by atoms with Gasteiger partial charge in [0.1, 0.15) is 0 Å². The molecule has 0 spiro atoms. The van der Waals surface area contributed by atoms with Gasteiger partial charge in [0.2, 0.25) is 0 Å². The first-order chi connectivity index (χ1) is 4.46. The second-order valence-corrected chi connectivity index (χ2v) is 1.31. The van der Waals surface area contributed by atoms with Crippen molar-refractivity contribution in [3.63, 3.8) is 0 Å². The maximum atomic E-state index is 9.71. The van der Waals surface area contributed by atoms with Crippen molar-refractivity contribution < 1.29 is 30.0 Å². The summed E-state index contributed by atoms with van der Waals surface area (Å²) in [7, 11) is 0. The molecule has 0 saturated heterocycles. The number of carbonyl (C=O) groups is 2. The Labute approximate surface area is 83.1 Å². The van der Waals surface area contributed by atoms with Crippen molar-refractivity contribution in [1.29, 1.82) is 0 Å². The number of rotatable bonds is 2. The van der Waals surface area contributed by atoms with Crippen molar-refractivity contribution in [2.75, 3.05) is 0 Å². The van der Waals surface area contributed by atoms with Gasteiger partial charge in [-0.2, -0.15) is 0 Å². The molecule has 0 heterocycles. The van der Waals surface area contributed by atoms with E-state index in [2.05, 4.69) is 0 Å². The molecule has 4 N–H and O–H groups in total. The van der Waals surface area contributed by atoms with Crippen LogP contribution in [0.2, 0.25) is 0 Å². The second-order valence-electron chi connectivity index (χ2n) is 1.31. The standard InChI is InChI=1S/C4H4O6.Na.H/c5-1(3(7)8)2(6)4(9)10;;/h5-6H,(H,7,8)(H,9,10);;/b2-1-;;. The number of aliphatic hydroxyl groups is 2. The van der Waals surface area contributed by atoms with E-state index in [-0.39, 0.29) is 29.6 Å². The fourth-order valence-electron chi connectivity index (χ4n) is 0.203. The minimum atomic E-state index is -1.89. The number of carboxylic acids is 2. The molecule has 7 heteroatoms. The van der Waals surface area contributed by atoms with E-state index in [4.69, 9.17) is 20.4 Å². The van der Waals surface area contributed by atoms with Gasteiger partial charge in [0.15, 0.2) is 0 Å². The van der Waals surface area contributed by atoms with Crippen LogP contribution in [0.25, 0.3) is 0 Å². The van der Waals surface area contributed by atoms with E-state index < -0.39 is 23.5 Å². The average Bonchev–Trinajstić information content (AvgIpc) is 1.84. The summed E-state index contributed by atoms with van der Waals surface area (Å²) in [6.07, 6.45) is 0. The maximum absolute atomic E-state index is 9.71. The molecular formula is C4H5NaO6. The van der Waals surface area contributed by atoms with Gasteiger partial charge in [-0.25, -0.2) is 9.59 Å². The summed E-state index contributed by atoms with van der Waals surface area (Å²) in [6.45, 7) is 0. The van der Waals surface area contributed by atoms with Gasteiger partial charge in [0, 0.05) is 0 Å². The van der Waals surface area contributed by atoms with E-state index in [0.29, 0.717) is 0 Å². The molecule has 0 rings (SSSR count). The summed E-state index contributed by atoms with van der Waals surface area (Å²) in [5.41, 5.74) is 0. The van der Waals surface area contributed by atoms with Crippen LogP contribution in [0.3, 0.4) is 0 Å². The molecule has 0 aliphatic heterocycles. The summed E-state index contributed by atoms with van der Waals surface area (Å²) in [6, 6.07) is 0. The monoisotopic (exact) mass is 172 g/mol. The first kappa shape index (κ1) is 12.9. The summed E-state index contributed by atoms with van der Waals surface area (Å²) >= 11 is 0. The Morgan fingerprint density at radius 2 is 0.909 bits per heavy atom. The average molecular weight is 172 g/mol. The third-order valence-corrected chi connectivity index (χ3v) is 0.629. The van der Waals surface area contributed by atoms with Crippen molar-refractivity contribution >= 4 is 41.5 Å². The first-order valence-corrected chi connectivity index (χ1v) is 2.05. The normalized spacial score (nSPS) is 10.9. The van der Waals surface area contributed by atoms with Crippen LogP contribution in [0.5, 0.6) is 0 Å². The zero-order valence-electron chi connectivity index (χ0n) is 4.61. The van der Waals surface area contributed by atoms with E-state index in [9.17, 15) is 9.59 Å². The molecule has 0 fully saturated rings. The Kier molecular flexibility index (Phi) is 5.87. The third-order valence-electron chi connectivity index (χ3n) is 0.629. The van der Waals surface area contributed by atoms with Gasteiger partial charge in [-0.1, -0.05) is 0 Å². The number of aliphatic carboxylic acids is 2. The first-order valence-electron chi connectivity index (χ1n) is 2.05. The molecular weight excluding hydrogens is 167 g/mol. The molecule has 58 valence electrons. The minimum absolute atomic E-state index is 0. The van der Waals surface area contributed by atoms with Gasteiger partial charge < -0.3 is 20.4 Å². The molecule has 0 aliphatic carbocycles. The van der Waals surface area contributed by atoms with E-state index in [1.165, 1.54) is 0 Å². The van der Waals surface area contributed by atoms with Crippen LogP contribution in [-0.4, -0.2) is 61.9 Å². The molecule has 0 aromatic carbocycles. The van der Waals surface area contributed by atoms with Crippen LogP contribution >= 0.6 is 0 Å². The molecule has 11 heavy (non-hydrogen) atoms. The summed E-state index contributed by atoms with van der Waals surface area (Å²) in [4.78, 5) is 19.4. The van der Waals surface area contributed by atoms with E-state index in [1.807, 2.05) is 0 Å². The van der Waals surface area contributed by atoms with Crippen molar-refractivity contribution in [2.24, 2.45) is 0 Å². The third kappa shape index (κ3) is 3.87. The van der Waals surface area contributed by atoms with Crippen molar-refractivity contribution in [3.05, 3.63) is 11.5 Å². The molecule has 0 atom stereocenters. The summed E-state index contributed by atoms with van der Waals surface area (Å²) in [5, 5.41) is 32.2. The quantitative estimate of drug-likeness (QED) is 0.237. The van der Waals surface area contributed by atoms with Gasteiger partial charge in [0.05, 0.1) is 0 Å². The van der Waals surface area contributed by atoms with E-state index in [1.54, 1.807) is 0 Å². The van der Waals surface area contributed by atoms with Crippen LogP contribution in [0.4, 0.5) is 0 Å². The van der Waals surface area contributed by atoms with Crippen LogP contribution < -0.4 is 0 Å². The molecule has 0 aromatic rings. The molecule has 6 nitrogen and oxygen atoms in total. The van der Waals surface area contributed by atoms with Gasteiger partial charge in [-0.3, -0.25) is 0 Å².